The lowest BCUT2D eigenvalue weighted by Crippen LogP contribution is -2.35. The highest BCUT2D eigenvalue weighted by atomic mass is 16.6. The van der Waals surface area contributed by atoms with Crippen molar-refractivity contribution in [3.63, 3.8) is 0 Å². The third-order valence-corrected chi connectivity index (χ3v) is 3.67. The van der Waals surface area contributed by atoms with E-state index in [4.69, 9.17) is 14.2 Å². The summed E-state index contributed by atoms with van der Waals surface area (Å²) in [7, 11) is 1.90. The highest BCUT2D eigenvalue weighted by Gasteiger charge is 2.22. The predicted molar refractivity (Wildman–Crippen MR) is 94.9 cm³/mol. The minimum absolute atomic E-state index is 0.0975. The molecule has 0 radical (unpaired) electrons. The lowest BCUT2D eigenvalue weighted by molar-refractivity contribution is -0.158. The van der Waals surface area contributed by atoms with Crippen LogP contribution < -0.4 is 0 Å². The summed E-state index contributed by atoms with van der Waals surface area (Å²) >= 11 is 0. The van der Waals surface area contributed by atoms with Crippen LogP contribution in [0.3, 0.4) is 0 Å². The fourth-order valence-corrected chi connectivity index (χ4v) is 2.10. The van der Waals surface area contributed by atoms with E-state index < -0.39 is 18.2 Å². The van der Waals surface area contributed by atoms with Gasteiger partial charge in [-0.05, 0) is 27.8 Å². The molecule has 0 spiro atoms. The zero-order chi connectivity index (χ0) is 19.9. The molecule has 0 saturated heterocycles. The Bertz CT molecular complexity index is 441. The van der Waals surface area contributed by atoms with E-state index in [0.29, 0.717) is 39.0 Å². The molecular formula is C18H31NO7. The molecule has 3 atom stereocenters. The summed E-state index contributed by atoms with van der Waals surface area (Å²) in [6.07, 6.45) is 0.463. The molecule has 8 nitrogen and oxygen atoms in total. The van der Waals surface area contributed by atoms with E-state index >= 15 is 0 Å². The smallest absolute Gasteiger partial charge is 0.313 e. The number of carbonyl (C=O) groups is 4. The van der Waals surface area contributed by atoms with E-state index in [0.717, 1.165) is 6.29 Å². The summed E-state index contributed by atoms with van der Waals surface area (Å²) in [6, 6.07) is 0. The molecule has 0 aromatic rings. The summed E-state index contributed by atoms with van der Waals surface area (Å²) in [4.78, 5) is 45.6. The second kappa shape index (κ2) is 14.5. The number of esters is 1. The van der Waals surface area contributed by atoms with Gasteiger partial charge in [-0.25, -0.2) is 0 Å². The molecule has 8 heteroatoms. The van der Waals surface area contributed by atoms with Crippen molar-refractivity contribution in [1.29, 1.82) is 0 Å². The van der Waals surface area contributed by atoms with Gasteiger partial charge in [0.05, 0.1) is 19.3 Å². The molecule has 0 heterocycles. The van der Waals surface area contributed by atoms with Crippen molar-refractivity contribution in [2.75, 3.05) is 33.4 Å². The quantitative estimate of drug-likeness (QED) is 0.222. The van der Waals surface area contributed by atoms with Crippen LogP contribution in [0.4, 0.5) is 0 Å². The van der Waals surface area contributed by atoms with Gasteiger partial charge in [-0.1, -0.05) is 0 Å². The van der Waals surface area contributed by atoms with Crippen LogP contribution in [-0.2, 0) is 33.4 Å². The molecule has 0 aromatic carbocycles. The Labute approximate surface area is 155 Å². The highest BCUT2D eigenvalue weighted by molar-refractivity contribution is 5.94. The zero-order valence-electron chi connectivity index (χ0n) is 16.1. The van der Waals surface area contributed by atoms with E-state index in [-0.39, 0.29) is 24.7 Å². The first-order valence-electron chi connectivity index (χ1n) is 8.78. The molecule has 0 rings (SSSR count). The molecule has 0 aromatic heterocycles. The van der Waals surface area contributed by atoms with Crippen LogP contribution in [0.15, 0.2) is 0 Å². The number of aldehydes is 2. The van der Waals surface area contributed by atoms with Gasteiger partial charge in [0.15, 0.2) is 0 Å². The Balaban J connectivity index is 4.14. The largest absolute Gasteiger partial charge is 0.460 e. The molecule has 0 bridgehead atoms. The highest BCUT2D eigenvalue weighted by Crippen LogP contribution is 2.09. The maximum absolute atomic E-state index is 11.5. The second-order valence-electron chi connectivity index (χ2n) is 6.27. The number of Topliss-reactive ketones (excluding diaryl/α,β-unsaturated/α-hetero) is 1. The monoisotopic (exact) mass is 373 g/mol. The van der Waals surface area contributed by atoms with E-state index in [1.165, 1.54) is 6.92 Å². The number of ketones is 1. The molecule has 0 aliphatic heterocycles. The SMILES string of the molecule is CC(=O)CC(=O)OC(C)C(CC=O)OCCN(C)CCOC(C)CC=O. The second-order valence-corrected chi connectivity index (χ2v) is 6.27. The van der Waals surface area contributed by atoms with Gasteiger partial charge in [0.25, 0.3) is 0 Å². The van der Waals surface area contributed by atoms with Crippen LogP contribution >= 0.6 is 0 Å². The van der Waals surface area contributed by atoms with Crippen molar-refractivity contribution in [2.45, 2.75) is 58.3 Å². The first-order chi connectivity index (χ1) is 12.3. The number of ether oxygens (including phenoxy) is 3. The van der Waals surface area contributed by atoms with Gasteiger partial charge >= 0.3 is 5.97 Å². The van der Waals surface area contributed by atoms with Crippen molar-refractivity contribution >= 4 is 24.3 Å². The molecule has 150 valence electrons. The normalized spacial score (nSPS) is 14.5. The molecular weight excluding hydrogens is 342 g/mol. The van der Waals surface area contributed by atoms with Crippen LogP contribution in [0.1, 0.15) is 40.0 Å². The van der Waals surface area contributed by atoms with Gasteiger partial charge in [-0.3, -0.25) is 9.59 Å². The lowest BCUT2D eigenvalue weighted by atomic mass is 10.1. The third kappa shape index (κ3) is 12.7. The molecule has 0 aliphatic rings. The molecule has 0 amide bonds. The Morgan fingerprint density at radius 2 is 1.58 bits per heavy atom. The Morgan fingerprint density at radius 1 is 1.00 bits per heavy atom. The third-order valence-electron chi connectivity index (χ3n) is 3.67. The lowest BCUT2D eigenvalue weighted by Gasteiger charge is -2.24. The number of rotatable bonds is 16. The number of hydrogen-bond acceptors (Lipinski definition) is 8. The Kier molecular flexibility index (Phi) is 13.6. The summed E-state index contributed by atoms with van der Waals surface area (Å²) < 4.78 is 16.3. The van der Waals surface area contributed by atoms with Gasteiger partial charge in [0.1, 0.15) is 37.0 Å². The number of hydrogen-bond donors (Lipinski definition) is 0. The van der Waals surface area contributed by atoms with Crippen molar-refractivity contribution in [2.24, 2.45) is 0 Å². The molecule has 0 N–H and O–H groups in total. The van der Waals surface area contributed by atoms with Gasteiger partial charge in [0, 0.05) is 25.9 Å². The number of likely N-dealkylation sites (N-methyl/N-ethyl adjacent to an activating group) is 1. The van der Waals surface area contributed by atoms with E-state index in [1.807, 2.05) is 18.9 Å². The molecule has 26 heavy (non-hydrogen) atoms. The Hall–Kier alpha value is -1.64. The average molecular weight is 373 g/mol. The number of nitrogens with zero attached hydrogens (tertiary/aromatic N) is 1. The first-order valence-corrected chi connectivity index (χ1v) is 8.78. The standard InChI is InChI=1S/C18H31NO7/c1-14(22)13-18(23)26-16(3)17(6-10-21)25-12-8-19(4)7-11-24-15(2)5-9-20/h9-10,15-17H,5-8,11-13H2,1-4H3. The average Bonchev–Trinajstić information content (AvgIpc) is 2.53. The fraction of sp³-hybridized carbons (Fsp3) is 0.778. The fourth-order valence-electron chi connectivity index (χ4n) is 2.10. The van der Waals surface area contributed by atoms with Crippen LogP contribution in [0.2, 0.25) is 0 Å². The summed E-state index contributed by atoms with van der Waals surface area (Å²) in [5.74, 6) is -0.899. The van der Waals surface area contributed by atoms with Crippen molar-refractivity contribution in [1.82, 2.24) is 4.90 Å². The Morgan fingerprint density at radius 3 is 2.12 bits per heavy atom. The molecule has 0 aliphatic carbocycles. The topological polar surface area (TPSA) is 99.2 Å². The van der Waals surface area contributed by atoms with Crippen LogP contribution in [0.5, 0.6) is 0 Å². The molecule has 0 fully saturated rings. The predicted octanol–water partition coefficient (Wildman–Crippen LogP) is 0.797. The minimum Gasteiger partial charge on any atom is -0.460 e. The summed E-state index contributed by atoms with van der Waals surface area (Å²) in [5.41, 5.74) is 0. The van der Waals surface area contributed by atoms with Gasteiger partial charge in [-0.15, -0.1) is 0 Å². The van der Waals surface area contributed by atoms with Crippen molar-refractivity contribution in [3.8, 4) is 0 Å². The van der Waals surface area contributed by atoms with Crippen LogP contribution in [-0.4, -0.2) is 80.9 Å². The van der Waals surface area contributed by atoms with Crippen molar-refractivity contribution < 1.29 is 33.4 Å². The molecule has 0 saturated carbocycles. The van der Waals surface area contributed by atoms with Gasteiger partial charge in [-0.2, -0.15) is 0 Å². The summed E-state index contributed by atoms with van der Waals surface area (Å²) in [5, 5.41) is 0. The van der Waals surface area contributed by atoms with E-state index in [9.17, 15) is 19.2 Å². The zero-order valence-corrected chi connectivity index (χ0v) is 16.1. The maximum Gasteiger partial charge on any atom is 0.313 e. The van der Waals surface area contributed by atoms with E-state index in [1.54, 1.807) is 6.92 Å². The maximum atomic E-state index is 11.5. The van der Waals surface area contributed by atoms with Crippen LogP contribution in [0, 0.1) is 0 Å². The van der Waals surface area contributed by atoms with E-state index in [2.05, 4.69) is 0 Å². The van der Waals surface area contributed by atoms with Crippen molar-refractivity contribution in [3.05, 3.63) is 0 Å². The first kappa shape index (κ1) is 24.4. The summed E-state index contributed by atoms with van der Waals surface area (Å²) in [6.45, 7) is 6.93. The van der Waals surface area contributed by atoms with Gasteiger partial charge < -0.3 is 28.7 Å². The van der Waals surface area contributed by atoms with Crippen LogP contribution in [0.25, 0.3) is 0 Å². The molecule has 3 unspecified atom stereocenters. The minimum atomic E-state index is -0.622. The van der Waals surface area contributed by atoms with Gasteiger partial charge in [0.2, 0.25) is 0 Å². The number of carbonyl (C=O) groups excluding carboxylic acids is 4.